The van der Waals surface area contributed by atoms with E-state index in [-0.39, 0.29) is 11.8 Å². The zero-order chi connectivity index (χ0) is 14.4. The van der Waals surface area contributed by atoms with Crippen LogP contribution in [-0.2, 0) is 4.79 Å². The van der Waals surface area contributed by atoms with Gasteiger partial charge in [-0.2, -0.15) is 0 Å². The maximum Gasteiger partial charge on any atom is 0.308 e. The molecule has 1 aliphatic heterocycles. The highest BCUT2D eigenvalue weighted by Crippen LogP contribution is 2.36. The number of carbonyl (C=O) groups excluding carboxylic acids is 2. The Bertz CT molecular complexity index is 628. The summed E-state index contributed by atoms with van der Waals surface area (Å²) in [5.74, 6) is -2.36. The molecule has 2 unspecified atom stereocenters. The highest BCUT2D eigenvalue weighted by molar-refractivity contribution is 9.10. The number of carboxylic acid groups (broad SMARTS) is 1. The van der Waals surface area contributed by atoms with Crippen molar-refractivity contribution in [3.8, 4) is 0 Å². The van der Waals surface area contributed by atoms with Gasteiger partial charge in [-0.1, -0.05) is 22.4 Å². The smallest absolute Gasteiger partial charge is 0.308 e. The van der Waals surface area contributed by atoms with Crippen LogP contribution < -0.4 is 0 Å². The molecule has 20 heavy (non-hydrogen) atoms. The van der Waals surface area contributed by atoms with Crippen molar-refractivity contribution in [1.82, 2.24) is 4.90 Å². The van der Waals surface area contributed by atoms with Gasteiger partial charge in [0.1, 0.15) is 0 Å². The predicted molar refractivity (Wildman–Crippen MR) is 73.4 cm³/mol. The molecule has 2 aliphatic rings. The standard InChI is InChI=1S/C14H12BrNO4/c15-7-4-5-8-10(6-7)13(18)16(12(8)17)11-3-1-2-9(11)14(19)20/h4-6,9,11H,1-3H2,(H,19,20). The van der Waals surface area contributed by atoms with Gasteiger partial charge >= 0.3 is 5.97 Å². The number of carboxylic acids is 1. The fraction of sp³-hybridized carbons (Fsp3) is 0.357. The van der Waals surface area contributed by atoms with Gasteiger partial charge in [0.05, 0.1) is 23.1 Å². The van der Waals surface area contributed by atoms with Crippen LogP contribution in [0.15, 0.2) is 22.7 Å². The van der Waals surface area contributed by atoms with Gasteiger partial charge in [-0.3, -0.25) is 19.3 Å². The van der Waals surface area contributed by atoms with E-state index in [1.54, 1.807) is 18.2 Å². The van der Waals surface area contributed by atoms with Gasteiger partial charge in [-0.15, -0.1) is 0 Å². The molecule has 1 saturated carbocycles. The van der Waals surface area contributed by atoms with Gasteiger partial charge in [-0.05, 0) is 31.0 Å². The summed E-state index contributed by atoms with van der Waals surface area (Å²) in [5.41, 5.74) is 0.703. The average molecular weight is 338 g/mol. The van der Waals surface area contributed by atoms with Gasteiger partial charge in [0, 0.05) is 4.47 Å². The van der Waals surface area contributed by atoms with E-state index in [4.69, 9.17) is 0 Å². The molecule has 0 radical (unpaired) electrons. The van der Waals surface area contributed by atoms with Crippen molar-refractivity contribution >= 4 is 33.7 Å². The Kier molecular flexibility index (Phi) is 3.12. The number of aliphatic carboxylic acids is 1. The lowest BCUT2D eigenvalue weighted by Gasteiger charge is -2.25. The topological polar surface area (TPSA) is 74.7 Å². The molecule has 104 valence electrons. The number of hydrogen-bond donors (Lipinski definition) is 1. The summed E-state index contributed by atoms with van der Waals surface area (Å²) >= 11 is 3.27. The number of amides is 2. The van der Waals surface area contributed by atoms with Gasteiger partial charge in [0.15, 0.2) is 0 Å². The molecule has 6 heteroatoms. The van der Waals surface area contributed by atoms with Crippen molar-refractivity contribution in [3.05, 3.63) is 33.8 Å². The number of carbonyl (C=O) groups is 3. The number of hydrogen-bond acceptors (Lipinski definition) is 3. The number of benzene rings is 1. The van der Waals surface area contributed by atoms with Crippen molar-refractivity contribution in [2.24, 2.45) is 5.92 Å². The first kappa shape index (κ1) is 13.3. The zero-order valence-electron chi connectivity index (χ0n) is 10.5. The Morgan fingerprint density at radius 2 is 1.90 bits per heavy atom. The molecule has 2 atom stereocenters. The number of fused-ring (bicyclic) bond motifs is 1. The summed E-state index contributed by atoms with van der Waals surface area (Å²) in [6, 6.07) is 4.39. The fourth-order valence-electron chi connectivity index (χ4n) is 3.07. The minimum atomic E-state index is -0.940. The first-order valence-corrected chi connectivity index (χ1v) is 7.20. The molecule has 1 aliphatic carbocycles. The summed E-state index contributed by atoms with van der Waals surface area (Å²) in [6.07, 6.45) is 1.79. The molecule has 5 nitrogen and oxygen atoms in total. The average Bonchev–Trinajstić information content (AvgIpc) is 2.95. The summed E-state index contributed by atoms with van der Waals surface area (Å²) in [4.78, 5) is 37.2. The van der Waals surface area contributed by atoms with Crippen LogP contribution in [0.2, 0.25) is 0 Å². The van der Waals surface area contributed by atoms with Crippen LogP contribution in [0.5, 0.6) is 0 Å². The highest BCUT2D eigenvalue weighted by atomic mass is 79.9. The molecule has 0 bridgehead atoms. The minimum absolute atomic E-state index is 0.348. The lowest BCUT2D eigenvalue weighted by molar-refractivity contribution is -0.142. The molecular weight excluding hydrogens is 326 g/mol. The third-order valence-electron chi connectivity index (χ3n) is 4.01. The minimum Gasteiger partial charge on any atom is -0.481 e. The third kappa shape index (κ3) is 1.86. The number of rotatable bonds is 2. The Morgan fingerprint density at radius 1 is 1.20 bits per heavy atom. The molecule has 0 spiro atoms. The van der Waals surface area contributed by atoms with Crippen molar-refractivity contribution in [1.29, 1.82) is 0 Å². The van der Waals surface area contributed by atoms with Crippen LogP contribution in [0.4, 0.5) is 0 Å². The summed E-state index contributed by atoms with van der Waals surface area (Å²) in [6.45, 7) is 0. The molecule has 2 amide bonds. The van der Waals surface area contributed by atoms with Gasteiger partial charge in [0.2, 0.25) is 0 Å². The maximum absolute atomic E-state index is 12.4. The number of nitrogens with zero attached hydrogens (tertiary/aromatic N) is 1. The Balaban J connectivity index is 1.99. The Morgan fingerprint density at radius 3 is 2.60 bits per heavy atom. The van der Waals surface area contributed by atoms with Crippen molar-refractivity contribution < 1.29 is 19.5 Å². The molecule has 1 N–H and O–H groups in total. The lowest BCUT2D eigenvalue weighted by atomic mass is 10.0. The van der Waals surface area contributed by atoms with Gasteiger partial charge in [-0.25, -0.2) is 0 Å². The van der Waals surface area contributed by atoms with Crippen LogP contribution in [0.25, 0.3) is 0 Å². The van der Waals surface area contributed by atoms with E-state index in [0.717, 1.165) is 15.8 Å². The van der Waals surface area contributed by atoms with E-state index in [1.807, 2.05) is 0 Å². The van der Waals surface area contributed by atoms with Crippen LogP contribution in [0.1, 0.15) is 40.0 Å². The second-order valence-electron chi connectivity index (χ2n) is 5.11. The van der Waals surface area contributed by atoms with E-state index < -0.39 is 17.9 Å². The van der Waals surface area contributed by atoms with E-state index in [0.29, 0.717) is 24.0 Å². The monoisotopic (exact) mass is 337 g/mol. The molecule has 3 rings (SSSR count). The van der Waals surface area contributed by atoms with Crippen molar-refractivity contribution in [2.45, 2.75) is 25.3 Å². The first-order valence-electron chi connectivity index (χ1n) is 6.41. The molecule has 0 saturated heterocycles. The largest absolute Gasteiger partial charge is 0.481 e. The molecule has 1 heterocycles. The third-order valence-corrected chi connectivity index (χ3v) is 4.50. The zero-order valence-corrected chi connectivity index (χ0v) is 12.1. The summed E-state index contributed by atoms with van der Waals surface area (Å²) in [5, 5.41) is 9.22. The molecular formula is C14H12BrNO4. The fourth-order valence-corrected chi connectivity index (χ4v) is 3.43. The van der Waals surface area contributed by atoms with E-state index in [1.165, 1.54) is 0 Å². The Labute approximate surface area is 123 Å². The van der Waals surface area contributed by atoms with Crippen LogP contribution in [-0.4, -0.2) is 33.8 Å². The summed E-state index contributed by atoms with van der Waals surface area (Å²) < 4.78 is 0.723. The van der Waals surface area contributed by atoms with Crippen molar-refractivity contribution in [2.75, 3.05) is 0 Å². The predicted octanol–water partition coefficient (Wildman–Crippen LogP) is 2.30. The quantitative estimate of drug-likeness (QED) is 0.840. The van der Waals surface area contributed by atoms with Crippen LogP contribution >= 0.6 is 15.9 Å². The maximum atomic E-state index is 12.4. The van der Waals surface area contributed by atoms with Crippen LogP contribution in [0, 0.1) is 5.92 Å². The normalized spacial score (nSPS) is 25.1. The molecule has 1 aromatic carbocycles. The highest BCUT2D eigenvalue weighted by Gasteiger charge is 2.46. The number of halogens is 1. The van der Waals surface area contributed by atoms with E-state index in [2.05, 4.69) is 15.9 Å². The molecule has 1 aromatic rings. The lowest BCUT2D eigenvalue weighted by Crippen LogP contribution is -2.44. The number of imide groups is 1. The van der Waals surface area contributed by atoms with Crippen LogP contribution in [0.3, 0.4) is 0 Å². The van der Waals surface area contributed by atoms with Gasteiger partial charge < -0.3 is 5.11 Å². The van der Waals surface area contributed by atoms with Crippen molar-refractivity contribution in [3.63, 3.8) is 0 Å². The van der Waals surface area contributed by atoms with E-state index >= 15 is 0 Å². The molecule has 1 fully saturated rings. The summed E-state index contributed by atoms with van der Waals surface area (Å²) in [7, 11) is 0. The van der Waals surface area contributed by atoms with E-state index in [9.17, 15) is 19.5 Å². The second kappa shape index (κ2) is 4.70. The van der Waals surface area contributed by atoms with Gasteiger partial charge in [0.25, 0.3) is 11.8 Å². The molecule has 0 aromatic heterocycles. The Hall–Kier alpha value is -1.69. The second-order valence-corrected chi connectivity index (χ2v) is 6.03. The first-order chi connectivity index (χ1) is 9.50. The SMILES string of the molecule is O=C(O)C1CCCC1N1C(=O)c2ccc(Br)cc2C1=O.